The van der Waals surface area contributed by atoms with Gasteiger partial charge in [-0.15, -0.1) is 0 Å². The number of pyridine rings is 1. The minimum Gasteiger partial charge on any atom is -0.367 e. The third-order valence-corrected chi connectivity index (χ3v) is 3.35. The van der Waals surface area contributed by atoms with E-state index in [0.717, 1.165) is 17.6 Å². The number of benzene rings is 1. The van der Waals surface area contributed by atoms with E-state index < -0.39 is 0 Å². The predicted octanol–water partition coefficient (Wildman–Crippen LogP) is 4.18. The lowest BCUT2D eigenvalue weighted by atomic mass is 10.2. The summed E-state index contributed by atoms with van der Waals surface area (Å²) in [6.07, 6.45) is 3.73. The average Bonchev–Trinajstić information content (AvgIpc) is 2.37. The van der Waals surface area contributed by atoms with Gasteiger partial charge in [-0.2, -0.15) is 0 Å². The average molecular weight is 305 g/mol. The number of nitrogens with zero attached hydrogens (tertiary/aromatic N) is 2. The fourth-order valence-electron chi connectivity index (χ4n) is 1.90. The lowest BCUT2D eigenvalue weighted by Crippen LogP contribution is -2.21. The van der Waals surface area contributed by atoms with E-state index in [1.165, 1.54) is 16.8 Å². The summed E-state index contributed by atoms with van der Waals surface area (Å²) in [5.41, 5.74) is 3.76. The second kappa shape index (κ2) is 6.01. The van der Waals surface area contributed by atoms with Crippen molar-refractivity contribution in [3.05, 3.63) is 58.3 Å². The smallest absolute Gasteiger partial charge is 0.0445 e. The molecule has 3 heteroatoms. The summed E-state index contributed by atoms with van der Waals surface area (Å²) in [5, 5.41) is 0. The zero-order valence-corrected chi connectivity index (χ0v) is 12.3. The highest BCUT2D eigenvalue weighted by Gasteiger charge is 2.05. The molecule has 0 fully saturated rings. The molecule has 2 rings (SSSR count). The predicted molar refractivity (Wildman–Crippen MR) is 79.8 cm³/mol. The fraction of sp³-hybridized carbons (Fsp3) is 0.267. The van der Waals surface area contributed by atoms with Gasteiger partial charge in [0.25, 0.3) is 0 Å². The zero-order chi connectivity index (χ0) is 13.0. The standard InChI is InChI=1S/C15H17BrN2/c1-3-18(15-6-4-12(2)5-7-15)11-13-8-14(16)10-17-9-13/h4-10H,3,11H2,1-2H3. The van der Waals surface area contributed by atoms with E-state index in [-0.39, 0.29) is 0 Å². The maximum absolute atomic E-state index is 4.21. The lowest BCUT2D eigenvalue weighted by molar-refractivity contribution is 0.827. The van der Waals surface area contributed by atoms with Crippen LogP contribution in [0.4, 0.5) is 5.69 Å². The van der Waals surface area contributed by atoms with E-state index in [4.69, 9.17) is 0 Å². The van der Waals surface area contributed by atoms with Crippen LogP contribution in [0.1, 0.15) is 18.1 Å². The molecule has 0 amide bonds. The highest BCUT2D eigenvalue weighted by molar-refractivity contribution is 9.10. The minimum absolute atomic E-state index is 0.881. The molecule has 2 nitrogen and oxygen atoms in total. The Kier molecular flexibility index (Phi) is 4.37. The van der Waals surface area contributed by atoms with Gasteiger partial charge in [0, 0.05) is 35.6 Å². The van der Waals surface area contributed by atoms with Crippen LogP contribution in [0.15, 0.2) is 47.2 Å². The second-order valence-electron chi connectivity index (χ2n) is 4.36. The van der Waals surface area contributed by atoms with Crippen LogP contribution in [0.25, 0.3) is 0 Å². The first-order valence-electron chi connectivity index (χ1n) is 6.10. The molecule has 2 aromatic rings. The molecule has 0 N–H and O–H groups in total. The summed E-state index contributed by atoms with van der Waals surface area (Å²) in [7, 11) is 0. The Labute approximate surface area is 117 Å². The van der Waals surface area contributed by atoms with Gasteiger partial charge in [-0.1, -0.05) is 17.7 Å². The molecule has 1 heterocycles. The third kappa shape index (κ3) is 3.33. The first-order valence-corrected chi connectivity index (χ1v) is 6.89. The van der Waals surface area contributed by atoms with Gasteiger partial charge in [-0.3, -0.25) is 4.98 Å². The van der Waals surface area contributed by atoms with Crippen LogP contribution in [0, 0.1) is 6.92 Å². The van der Waals surface area contributed by atoms with Crippen LogP contribution in [-0.2, 0) is 6.54 Å². The van der Waals surface area contributed by atoms with Crippen LogP contribution in [0.2, 0.25) is 0 Å². The lowest BCUT2D eigenvalue weighted by Gasteiger charge is -2.23. The van der Waals surface area contributed by atoms with Crippen LogP contribution in [-0.4, -0.2) is 11.5 Å². The Bertz CT molecular complexity index is 508. The van der Waals surface area contributed by atoms with Gasteiger partial charge in [0.2, 0.25) is 0 Å². The van der Waals surface area contributed by atoms with Gasteiger partial charge < -0.3 is 4.90 Å². The van der Waals surface area contributed by atoms with Gasteiger partial charge in [-0.25, -0.2) is 0 Å². The number of aromatic nitrogens is 1. The molecule has 0 saturated heterocycles. The Morgan fingerprint density at radius 3 is 2.50 bits per heavy atom. The van der Waals surface area contributed by atoms with Gasteiger partial charge >= 0.3 is 0 Å². The van der Waals surface area contributed by atoms with E-state index >= 15 is 0 Å². The molecule has 0 aliphatic carbocycles. The Balaban J connectivity index is 2.17. The van der Waals surface area contributed by atoms with Crippen LogP contribution >= 0.6 is 15.9 Å². The minimum atomic E-state index is 0.881. The van der Waals surface area contributed by atoms with E-state index in [1.807, 2.05) is 12.4 Å². The summed E-state index contributed by atoms with van der Waals surface area (Å²) in [6, 6.07) is 10.8. The van der Waals surface area contributed by atoms with Crippen molar-refractivity contribution >= 4 is 21.6 Å². The molecule has 94 valence electrons. The number of halogens is 1. The molecule has 0 aliphatic heterocycles. The van der Waals surface area contributed by atoms with Crippen molar-refractivity contribution in [3.8, 4) is 0 Å². The molecule has 0 bridgehead atoms. The first-order chi connectivity index (χ1) is 8.69. The summed E-state index contributed by atoms with van der Waals surface area (Å²) < 4.78 is 1.03. The number of anilines is 1. The number of rotatable bonds is 4. The Hall–Kier alpha value is -1.35. The van der Waals surface area contributed by atoms with Crippen LogP contribution < -0.4 is 4.90 Å². The van der Waals surface area contributed by atoms with E-state index in [2.05, 4.69) is 70.0 Å². The molecule has 1 aromatic carbocycles. The molecule has 0 atom stereocenters. The van der Waals surface area contributed by atoms with Gasteiger partial charge in [0.05, 0.1) is 0 Å². The third-order valence-electron chi connectivity index (χ3n) is 2.92. The molecule has 0 spiro atoms. The SMILES string of the molecule is CCN(Cc1cncc(Br)c1)c1ccc(C)cc1. The molecule has 0 saturated carbocycles. The molecule has 0 aliphatic rings. The first kappa shape index (κ1) is 13.1. The summed E-state index contributed by atoms with van der Waals surface area (Å²) >= 11 is 3.46. The summed E-state index contributed by atoms with van der Waals surface area (Å²) in [4.78, 5) is 6.54. The molecule has 0 radical (unpaired) electrons. The van der Waals surface area contributed by atoms with Gasteiger partial charge in [0.15, 0.2) is 0 Å². The fourth-order valence-corrected chi connectivity index (χ4v) is 2.32. The van der Waals surface area contributed by atoms with Crippen molar-refractivity contribution in [2.24, 2.45) is 0 Å². The van der Waals surface area contributed by atoms with Crippen molar-refractivity contribution in [2.75, 3.05) is 11.4 Å². The molecular formula is C15H17BrN2. The molecular weight excluding hydrogens is 288 g/mol. The Morgan fingerprint density at radius 1 is 1.17 bits per heavy atom. The van der Waals surface area contributed by atoms with Crippen molar-refractivity contribution < 1.29 is 0 Å². The van der Waals surface area contributed by atoms with Gasteiger partial charge in [0.1, 0.15) is 0 Å². The van der Waals surface area contributed by atoms with E-state index in [9.17, 15) is 0 Å². The highest BCUT2D eigenvalue weighted by atomic mass is 79.9. The largest absolute Gasteiger partial charge is 0.367 e. The number of hydrogen-bond donors (Lipinski definition) is 0. The topological polar surface area (TPSA) is 16.1 Å². The van der Waals surface area contributed by atoms with Crippen LogP contribution in [0.3, 0.4) is 0 Å². The maximum Gasteiger partial charge on any atom is 0.0445 e. The zero-order valence-electron chi connectivity index (χ0n) is 10.7. The summed E-state index contributed by atoms with van der Waals surface area (Å²) in [6.45, 7) is 6.14. The van der Waals surface area contributed by atoms with Gasteiger partial charge in [-0.05, 0) is 53.5 Å². The normalized spacial score (nSPS) is 10.4. The van der Waals surface area contributed by atoms with Crippen LogP contribution in [0.5, 0.6) is 0 Å². The van der Waals surface area contributed by atoms with Crippen molar-refractivity contribution in [1.29, 1.82) is 0 Å². The quantitative estimate of drug-likeness (QED) is 0.842. The monoisotopic (exact) mass is 304 g/mol. The second-order valence-corrected chi connectivity index (χ2v) is 5.28. The van der Waals surface area contributed by atoms with E-state index in [0.29, 0.717) is 0 Å². The van der Waals surface area contributed by atoms with Crippen molar-refractivity contribution in [3.63, 3.8) is 0 Å². The molecule has 1 aromatic heterocycles. The van der Waals surface area contributed by atoms with E-state index in [1.54, 1.807) is 0 Å². The molecule has 18 heavy (non-hydrogen) atoms. The van der Waals surface area contributed by atoms with Crippen molar-refractivity contribution in [2.45, 2.75) is 20.4 Å². The molecule has 0 unspecified atom stereocenters. The number of hydrogen-bond acceptors (Lipinski definition) is 2. The maximum atomic E-state index is 4.21. The Morgan fingerprint density at radius 2 is 1.89 bits per heavy atom. The highest BCUT2D eigenvalue weighted by Crippen LogP contribution is 2.18. The number of aryl methyl sites for hydroxylation is 1. The summed E-state index contributed by atoms with van der Waals surface area (Å²) in [5.74, 6) is 0. The van der Waals surface area contributed by atoms with Crippen molar-refractivity contribution in [1.82, 2.24) is 4.98 Å².